The number of sulfone groups is 1. The predicted octanol–water partition coefficient (Wildman–Crippen LogP) is 2.34. The lowest BCUT2D eigenvalue weighted by Gasteiger charge is -2.11. The van der Waals surface area contributed by atoms with Gasteiger partial charge in [0.1, 0.15) is 0 Å². The Bertz CT molecular complexity index is 875. The second-order valence-electron chi connectivity index (χ2n) is 5.70. The summed E-state index contributed by atoms with van der Waals surface area (Å²) >= 11 is 7.44. The number of benzene rings is 1. The molecule has 0 spiro atoms. The molecule has 1 amide bonds. The third kappa shape index (κ3) is 4.93. The van der Waals surface area contributed by atoms with E-state index in [1.165, 1.54) is 18.0 Å². The molecule has 0 aliphatic carbocycles. The van der Waals surface area contributed by atoms with Crippen LogP contribution in [0.1, 0.15) is 22.5 Å². The van der Waals surface area contributed by atoms with Crippen LogP contribution in [0.15, 0.2) is 41.7 Å². The first kappa shape index (κ1) is 18.2. The van der Waals surface area contributed by atoms with Crippen LogP contribution in [0.25, 0.3) is 0 Å². The lowest BCUT2D eigenvalue weighted by Crippen LogP contribution is -2.36. The number of hydrogen-bond donors (Lipinski definition) is 1. The number of nitrogens with one attached hydrogen (secondary N) is 1. The fourth-order valence-corrected chi connectivity index (χ4v) is 5.09. The molecule has 3 rings (SSSR count). The van der Waals surface area contributed by atoms with Gasteiger partial charge in [0, 0.05) is 11.8 Å². The molecule has 1 aromatic carbocycles. The van der Waals surface area contributed by atoms with E-state index in [4.69, 9.17) is 11.6 Å². The van der Waals surface area contributed by atoms with Crippen molar-refractivity contribution in [3.63, 3.8) is 0 Å². The quantitative estimate of drug-likeness (QED) is 0.615. The molecule has 0 bridgehead atoms. The van der Waals surface area contributed by atoms with Gasteiger partial charge in [0.25, 0.3) is 5.91 Å². The van der Waals surface area contributed by atoms with Crippen molar-refractivity contribution in [3.05, 3.63) is 52.8 Å². The van der Waals surface area contributed by atoms with Crippen LogP contribution in [0, 0.1) is 0 Å². The minimum atomic E-state index is -3.07. The molecular weight excluding hydrogens is 382 g/mol. The maximum absolute atomic E-state index is 12.4. The monoisotopic (exact) mass is 397 g/mol. The number of carbonyl (C=O) groups is 1. The van der Waals surface area contributed by atoms with E-state index in [9.17, 15) is 13.2 Å². The van der Waals surface area contributed by atoms with Crippen molar-refractivity contribution < 1.29 is 13.2 Å². The predicted molar refractivity (Wildman–Crippen MR) is 97.6 cm³/mol. The van der Waals surface area contributed by atoms with Crippen LogP contribution in [0.5, 0.6) is 0 Å². The SMILES string of the molecule is O=C(N[C@H]1CCS(=O)(=O)C1)c1nc(SCc2ccccc2)ncc1Cl. The average Bonchev–Trinajstić information content (AvgIpc) is 2.93. The van der Waals surface area contributed by atoms with Gasteiger partial charge in [-0.2, -0.15) is 0 Å². The molecule has 1 fully saturated rings. The Kier molecular flexibility index (Phi) is 5.61. The molecule has 2 aromatic rings. The van der Waals surface area contributed by atoms with E-state index in [2.05, 4.69) is 15.3 Å². The second-order valence-corrected chi connectivity index (χ2v) is 9.28. The van der Waals surface area contributed by atoms with E-state index in [-0.39, 0.29) is 22.2 Å². The van der Waals surface area contributed by atoms with Gasteiger partial charge in [-0.05, 0) is 12.0 Å². The van der Waals surface area contributed by atoms with Gasteiger partial charge >= 0.3 is 0 Å². The number of halogens is 1. The van der Waals surface area contributed by atoms with Crippen molar-refractivity contribution in [1.29, 1.82) is 0 Å². The molecule has 1 aliphatic heterocycles. The standard InChI is InChI=1S/C16H16ClN3O3S2/c17-13-8-18-16(24-9-11-4-2-1-3-5-11)20-14(13)15(21)19-12-6-7-25(22,23)10-12/h1-5,8,12H,6-7,9-10H2,(H,19,21)/t12-/m0/s1. The highest BCUT2D eigenvalue weighted by molar-refractivity contribution is 7.98. The lowest BCUT2D eigenvalue weighted by atomic mass is 10.2. The third-order valence-corrected chi connectivity index (χ3v) is 6.69. The molecule has 132 valence electrons. The number of rotatable bonds is 5. The molecule has 25 heavy (non-hydrogen) atoms. The number of nitrogens with zero attached hydrogens (tertiary/aromatic N) is 2. The Hall–Kier alpha value is -1.64. The van der Waals surface area contributed by atoms with E-state index in [1.54, 1.807) is 0 Å². The number of thioether (sulfide) groups is 1. The van der Waals surface area contributed by atoms with Gasteiger partial charge in [0.15, 0.2) is 20.7 Å². The minimum Gasteiger partial charge on any atom is -0.347 e. The molecule has 0 unspecified atom stereocenters. The summed E-state index contributed by atoms with van der Waals surface area (Å²) in [5.74, 6) is 0.241. The van der Waals surface area contributed by atoms with Crippen LogP contribution in [0.2, 0.25) is 5.02 Å². The first-order chi connectivity index (χ1) is 11.9. The highest BCUT2D eigenvalue weighted by Crippen LogP contribution is 2.22. The Balaban J connectivity index is 1.67. The van der Waals surface area contributed by atoms with Crippen molar-refractivity contribution in [2.45, 2.75) is 23.4 Å². The summed E-state index contributed by atoms with van der Waals surface area (Å²) in [6.07, 6.45) is 1.80. The van der Waals surface area contributed by atoms with Gasteiger partial charge in [-0.25, -0.2) is 18.4 Å². The zero-order valence-corrected chi connectivity index (χ0v) is 15.6. The maximum Gasteiger partial charge on any atom is 0.271 e. The van der Waals surface area contributed by atoms with Crippen molar-refractivity contribution in [1.82, 2.24) is 15.3 Å². The summed E-state index contributed by atoms with van der Waals surface area (Å²) < 4.78 is 23.0. The Labute approximate surface area is 155 Å². The Morgan fingerprint density at radius 2 is 2.08 bits per heavy atom. The topological polar surface area (TPSA) is 89.0 Å². The van der Waals surface area contributed by atoms with Crippen molar-refractivity contribution >= 4 is 39.1 Å². The van der Waals surface area contributed by atoms with E-state index in [0.717, 1.165) is 5.56 Å². The van der Waals surface area contributed by atoms with Crippen LogP contribution in [-0.2, 0) is 15.6 Å². The largest absolute Gasteiger partial charge is 0.347 e. The minimum absolute atomic E-state index is 0.0446. The van der Waals surface area contributed by atoms with E-state index in [0.29, 0.717) is 17.3 Å². The molecular formula is C16H16ClN3O3S2. The summed E-state index contributed by atoms with van der Waals surface area (Å²) in [5, 5.41) is 3.27. The van der Waals surface area contributed by atoms with Crippen molar-refractivity contribution in [2.24, 2.45) is 0 Å². The molecule has 1 aromatic heterocycles. The number of hydrogen-bond acceptors (Lipinski definition) is 6. The summed E-state index contributed by atoms with van der Waals surface area (Å²) in [4.78, 5) is 20.7. The normalized spacial score (nSPS) is 18.8. The number of aromatic nitrogens is 2. The molecule has 1 saturated heterocycles. The van der Waals surface area contributed by atoms with Gasteiger partial charge in [-0.1, -0.05) is 53.7 Å². The number of carbonyl (C=O) groups excluding carboxylic acids is 1. The van der Waals surface area contributed by atoms with Crippen LogP contribution in [0.4, 0.5) is 0 Å². The molecule has 2 heterocycles. The molecule has 0 radical (unpaired) electrons. The summed E-state index contributed by atoms with van der Waals surface area (Å²) in [7, 11) is -3.07. The van der Waals surface area contributed by atoms with Crippen molar-refractivity contribution in [3.8, 4) is 0 Å². The van der Waals surface area contributed by atoms with Crippen LogP contribution in [-0.4, -0.2) is 41.8 Å². The van der Waals surface area contributed by atoms with Gasteiger partial charge in [-0.15, -0.1) is 0 Å². The zero-order chi connectivity index (χ0) is 17.9. The fourth-order valence-electron chi connectivity index (χ4n) is 2.46. The summed E-state index contributed by atoms with van der Waals surface area (Å²) in [6.45, 7) is 0. The van der Waals surface area contributed by atoms with E-state index < -0.39 is 21.8 Å². The molecule has 9 heteroatoms. The first-order valence-electron chi connectivity index (χ1n) is 7.63. The van der Waals surface area contributed by atoms with Crippen LogP contribution < -0.4 is 5.32 Å². The molecule has 1 atom stereocenters. The first-order valence-corrected chi connectivity index (χ1v) is 10.8. The molecule has 0 saturated carbocycles. The van der Waals surface area contributed by atoms with Gasteiger partial charge in [0.05, 0.1) is 22.7 Å². The highest BCUT2D eigenvalue weighted by atomic mass is 35.5. The van der Waals surface area contributed by atoms with Gasteiger partial charge in [0.2, 0.25) is 0 Å². The van der Waals surface area contributed by atoms with E-state index in [1.807, 2.05) is 30.3 Å². The van der Waals surface area contributed by atoms with Crippen molar-refractivity contribution in [2.75, 3.05) is 11.5 Å². The highest BCUT2D eigenvalue weighted by Gasteiger charge is 2.30. The maximum atomic E-state index is 12.4. The molecule has 6 nitrogen and oxygen atoms in total. The Morgan fingerprint density at radius 1 is 1.32 bits per heavy atom. The van der Waals surface area contributed by atoms with E-state index >= 15 is 0 Å². The van der Waals surface area contributed by atoms with Crippen LogP contribution in [0.3, 0.4) is 0 Å². The molecule has 1 N–H and O–H groups in total. The summed E-state index contributed by atoms with van der Waals surface area (Å²) in [5.41, 5.74) is 1.18. The van der Waals surface area contributed by atoms with Crippen LogP contribution >= 0.6 is 23.4 Å². The van der Waals surface area contributed by atoms with Gasteiger partial charge < -0.3 is 5.32 Å². The van der Waals surface area contributed by atoms with Gasteiger partial charge in [-0.3, -0.25) is 4.79 Å². The lowest BCUT2D eigenvalue weighted by molar-refractivity contribution is 0.0935. The molecule has 1 aliphatic rings. The second kappa shape index (κ2) is 7.72. The summed E-state index contributed by atoms with van der Waals surface area (Å²) in [6, 6.07) is 9.44. The number of amides is 1. The fraction of sp³-hybridized carbons (Fsp3) is 0.312. The Morgan fingerprint density at radius 3 is 2.76 bits per heavy atom. The third-order valence-electron chi connectivity index (χ3n) is 3.72. The smallest absolute Gasteiger partial charge is 0.271 e. The zero-order valence-electron chi connectivity index (χ0n) is 13.2. The average molecular weight is 398 g/mol.